The van der Waals surface area contributed by atoms with Crippen molar-refractivity contribution in [1.29, 1.82) is 0 Å². The van der Waals surface area contributed by atoms with Gasteiger partial charge in [-0.25, -0.2) is 9.59 Å². The van der Waals surface area contributed by atoms with Gasteiger partial charge in [0.15, 0.2) is 0 Å². The Balaban J connectivity index is 2.04. The number of carbonyl (C=O) groups excluding carboxylic acids is 1. The van der Waals surface area contributed by atoms with Gasteiger partial charge in [0.2, 0.25) is 0 Å². The molecule has 3 rings (SSSR count). The predicted octanol–water partition coefficient (Wildman–Crippen LogP) is 3.30. The highest BCUT2D eigenvalue weighted by molar-refractivity contribution is 5.98. The van der Waals surface area contributed by atoms with Gasteiger partial charge in [-0.05, 0) is 41.2 Å². The Labute approximate surface area is 134 Å². The number of hydrogen-bond acceptors (Lipinski definition) is 3. The molecular weight excluding hydrogens is 292 g/mol. The van der Waals surface area contributed by atoms with Crippen molar-refractivity contribution in [3.63, 3.8) is 0 Å². The molecule has 1 aromatic carbocycles. The van der Waals surface area contributed by atoms with E-state index in [1.54, 1.807) is 12.0 Å². The lowest BCUT2D eigenvalue weighted by molar-refractivity contribution is -0.132. The average Bonchev–Trinajstić information content (AvgIpc) is 2.53. The molecule has 118 valence electrons. The first-order chi connectivity index (χ1) is 10.9. The second kappa shape index (κ2) is 5.56. The van der Waals surface area contributed by atoms with Crippen LogP contribution in [0.25, 0.3) is 5.57 Å². The average molecular weight is 310 g/mol. The Hall–Kier alpha value is -2.58. The van der Waals surface area contributed by atoms with Crippen molar-refractivity contribution in [1.82, 2.24) is 0 Å². The van der Waals surface area contributed by atoms with Crippen LogP contribution in [-0.4, -0.2) is 23.6 Å². The molecule has 0 fully saturated rings. The van der Waals surface area contributed by atoms with Crippen LogP contribution in [0.1, 0.15) is 37.8 Å². The largest absolute Gasteiger partial charge is 0.493 e. The van der Waals surface area contributed by atoms with Gasteiger partial charge in [-0.2, -0.15) is 0 Å². The summed E-state index contributed by atoms with van der Waals surface area (Å²) in [6.07, 6.45) is 4.47. The van der Waals surface area contributed by atoms with Gasteiger partial charge in [0.05, 0.1) is 17.8 Å². The fraction of sp³-hybridized carbons (Fsp3) is 0.316. The normalized spacial score (nSPS) is 19.0. The van der Waals surface area contributed by atoms with Crippen LogP contribution in [-0.2, 0) is 15.0 Å². The van der Waals surface area contributed by atoms with Crippen LogP contribution in [0.2, 0.25) is 0 Å². The van der Waals surface area contributed by atoms with E-state index in [1.165, 1.54) is 6.08 Å². The summed E-state index contributed by atoms with van der Waals surface area (Å²) in [4.78, 5) is 22.2. The molecule has 0 atom stereocenters. The Morgan fingerprint density at radius 1 is 1.30 bits per heavy atom. The summed E-state index contributed by atoms with van der Waals surface area (Å²) in [5.41, 5.74) is 3.28. The molecule has 0 radical (unpaired) electrons. The summed E-state index contributed by atoms with van der Waals surface area (Å²) in [7, 11) is 0. The Bertz CT molecular complexity index is 790. The summed E-state index contributed by atoms with van der Waals surface area (Å²) in [6, 6.07) is 5.99. The van der Waals surface area contributed by atoms with Crippen LogP contribution in [0.15, 0.2) is 41.5 Å². The topological polar surface area (TPSA) is 63.6 Å². The van der Waals surface area contributed by atoms with Gasteiger partial charge in [-0.3, -0.25) is 0 Å². The van der Waals surface area contributed by atoms with Crippen molar-refractivity contribution in [2.45, 2.75) is 32.1 Å². The molecule has 0 spiro atoms. The monoisotopic (exact) mass is 310 g/mol. The van der Waals surface area contributed by atoms with E-state index in [0.717, 1.165) is 28.9 Å². The number of carbonyl (C=O) groups is 1. The Kier molecular flexibility index (Phi) is 3.70. The Morgan fingerprint density at radius 2 is 2.09 bits per heavy atom. The summed E-state index contributed by atoms with van der Waals surface area (Å²) >= 11 is 0. The molecule has 1 aromatic rings. The second-order valence-electron chi connectivity index (χ2n) is 6.53. The third kappa shape index (κ3) is 2.73. The zero-order chi connectivity index (χ0) is 16.6. The van der Waals surface area contributed by atoms with Crippen LogP contribution in [0.4, 0.5) is 0 Å². The zero-order valence-corrected chi connectivity index (χ0v) is 13.2. The molecule has 0 amide bonds. The van der Waals surface area contributed by atoms with E-state index in [0.29, 0.717) is 6.61 Å². The maximum absolute atomic E-state index is 11.1. The van der Waals surface area contributed by atoms with Crippen LogP contribution >= 0.6 is 0 Å². The van der Waals surface area contributed by atoms with E-state index < -0.39 is 5.97 Å². The van der Waals surface area contributed by atoms with Crippen molar-refractivity contribution in [2.75, 3.05) is 6.61 Å². The van der Waals surface area contributed by atoms with E-state index in [9.17, 15) is 9.59 Å². The molecule has 1 heterocycles. The standard InChI is InChI=1S/C19H18O4/c1-19(2)7-8-23-17-6-4-13(10-16(17)19)12-3-5-15(18(21)22)14(9-12)11-20/h3-6,10H,7-9H2,1-2H3,(H,21,22). The number of carboxylic acid groups (broad SMARTS) is 1. The molecule has 1 N–H and O–H groups in total. The van der Waals surface area contributed by atoms with Crippen molar-refractivity contribution in [3.05, 3.63) is 52.6 Å². The number of ether oxygens (including phenoxy) is 1. The van der Waals surface area contributed by atoms with Crippen molar-refractivity contribution < 1.29 is 19.4 Å². The fourth-order valence-electron chi connectivity index (χ4n) is 3.05. The van der Waals surface area contributed by atoms with Crippen molar-refractivity contribution in [3.8, 4) is 5.75 Å². The SMILES string of the molecule is CC1(C)CCOc2ccc(C3=CC=C(C(=O)O)C(=C=O)C3)cc21. The highest BCUT2D eigenvalue weighted by atomic mass is 16.5. The third-order valence-electron chi connectivity index (χ3n) is 4.56. The Morgan fingerprint density at radius 3 is 2.78 bits per heavy atom. The van der Waals surface area contributed by atoms with Gasteiger partial charge in [-0.15, -0.1) is 0 Å². The lowest BCUT2D eigenvalue weighted by Gasteiger charge is -2.33. The van der Waals surface area contributed by atoms with E-state index in [4.69, 9.17) is 9.84 Å². The minimum atomic E-state index is -1.10. The van der Waals surface area contributed by atoms with Gasteiger partial charge in [-0.1, -0.05) is 26.0 Å². The van der Waals surface area contributed by atoms with Crippen LogP contribution in [0, 0.1) is 0 Å². The minimum Gasteiger partial charge on any atom is -0.493 e. The number of fused-ring (bicyclic) bond motifs is 1. The number of aliphatic carboxylic acids is 1. The third-order valence-corrected chi connectivity index (χ3v) is 4.56. The van der Waals surface area contributed by atoms with Crippen LogP contribution in [0.3, 0.4) is 0 Å². The lowest BCUT2D eigenvalue weighted by Crippen LogP contribution is -2.26. The first-order valence-corrected chi connectivity index (χ1v) is 7.58. The van der Waals surface area contributed by atoms with E-state index in [1.807, 2.05) is 12.1 Å². The van der Waals surface area contributed by atoms with Crippen molar-refractivity contribution in [2.24, 2.45) is 0 Å². The molecule has 0 aromatic heterocycles. The van der Waals surface area contributed by atoms with Crippen molar-refractivity contribution >= 4 is 17.5 Å². The molecule has 0 bridgehead atoms. The first kappa shape index (κ1) is 15.3. The maximum Gasteiger partial charge on any atom is 0.336 e. The van der Waals surface area contributed by atoms with Gasteiger partial charge in [0.1, 0.15) is 11.7 Å². The van der Waals surface area contributed by atoms with E-state index in [-0.39, 0.29) is 23.0 Å². The fourth-order valence-corrected chi connectivity index (χ4v) is 3.05. The number of rotatable bonds is 2. The number of carboxylic acids is 1. The lowest BCUT2D eigenvalue weighted by atomic mass is 9.78. The maximum atomic E-state index is 11.1. The summed E-state index contributed by atoms with van der Waals surface area (Å²) in [5.74, 6) is 1.56. The van der Waals surface area contributed by atoms with Gasteiger partial charge in [0.25, 0.3) is 0 Å². The highest BCUT2D eigenvalue weighted by Crippen LogP contribution is 2.40. The van der Waals surface area contributed by atoms with E-state index >= 15 is 0 Å². The smallest absolute Gasteiger partial charge is 0.336 e. The van der Waals surface area contributed by atoms with Crippen LogP contribution in [0.5, 0.6) is 5.75 Å². The minimum absolute atomic E-state index is 0.0189. The molecule has 0 unspecified atom stereocenters. The predicted molar refractivity (Wildman–Crippen MR) is 87.1 cm³/mol. The number of benzene rings is 1. The van der Waals surface area contributed by atoms with Crippen LogP contribution < -0.4 is 4.74 Å². The first-order valence-electron chi connectivity index (χ1n) is 7.58. The summed E-state index contributed by atoms with van der Waals surface area (Å²) in [5, 5.41) is 9.11. The molecule has 23 heavy (non-hydrogen) atoms. The van der Waals surface area contributed by atoms with Gasteiger partial charge < -0.3 is 9.84 Å². The molecule has 0 saturated carbocycles. The van der Waals surface area contributed by atoms with Gasteiger partial charge in [0, 0.05) is 12.0 Å². The van der Waals surface area contributed by atoms with Gasteiger partial charge >= 0.3 is 5.97 Å². The molecule has 2 aliphatic rings. The second-order valence-corrected chi connectivity index (χ2v) is 6.53. The molecule has 1 aliphatic carbocycles. The summed E-state index contributed by atoms with van der Waals surface area (Å²) in [6.45, 7) is 5.09. The molecule has 4 nitrogen and oxygen atoms in total. The highest BCUT2D eigenvalue weighted by Gasteiger charge is 2.29. The summed E-state index contributed by atoms with van der Waals surface area (Å²) < 4.78 is 5.72. The molecule has 0 saturated heterocycles. The molecule has 4 heteroatoms. The number of allylic oxidation sites excluding steroid dienone is 3. The zero-order valence-electron chi connectivity index (χ0n) is 13.2. The number of hydrogen-bond donors (Lipinski definition) is 1. The quantitative estimate of drug-likeness (QED) is 0.851. The molecular formula is C19H18O4. The molecule has 1 aliphatic heterocycles. The van der Waals surface area contributed by atoms with E-state index in [2.05, 4.69) is 19.9 Å².